The number of aryl methyl sites for hydroxylation is 1. The van der Waals surface area contributed by atoms with E-state index < -0.39 is 0 Å². The molecule has 1 amide bonds. The van der Waals surface area contributed by atoms with Gasteiger partial charge in [0.05, 0.1) is 22.1 Å². The number of carbonyl (C=O) groups is 1. The van der Waals surface area contributed by atoms with Gasteiger partial charge < -0.3 is 14.3 Å². The molecule has 0 aliphatic heterocycles. The number of hydrogen-bond acceptors (Lipinski definition) is 6. The number of hydrogen-bond donors (Lipinski definition) is 1. The number of anilines is 1. The lowest BCUT2D eigenvalue weighted by atomic mass is 10.2. The van der Waals surface area contributed by atoms with Crippen molar-refractivity contribution in [2.24, 2.45) is 0 Å². The summed E-state index contributed by atoms with van der Waals surface area (Å²) in [5.41, 5.74) is 0.897. The minimum Gasteiger partial charge on any atom is -0.469 e. The second-order valence-corrected chi connectivity index (χ2v) is 7.30. The zero-order valence-corrected chi connectivity index (χ0v) is 16.1. The minimum absolute atomic E-state index is 0.170. The number of rotatable bonds is 6. The first-order chi connectivity index (χ1) is 12.5. The Hall–Kier alpha value is -2.32. The minimum atomic E-state index is -0.375. The molecule has 0 aliphatic carbocycles. The van der Waals surface area contributed by atoms with Crippen LogP contribution in [-0.4, -0.2) is 30.9 Å². The van der Waals surface area contributed by atoms with E-state index >= 15 is 0 Å². The Morgan fingerprint density at radius 1 is 1.38 bits per heavy atom. The zero-order valence-electron chi connectivity index (χ0n) is 14.6. The fourth-order valence-corrected chi connectivity index (χ4v) is 3.39. The van der Waals surface area contributed by atoms with E-state index in [4.69, 9.17) is 16.0 Å². The number of furan rings is 1. The normalized spacial score (nSPS) is 12.2. The first kappa shape index (κ1) is 18.5. The second-order valence-electron chi connectivity index (χ2n) is 5.55. The number of thioether (sulfide) groups is 1. The molecule has 3 rings (SSSR count). The molecule has 0 saturated carbocycles. The molecular weight excluding hydrogens is 374 g/mol. The third-order valence-corrected chi connectivity index (χ3v) is 5.07. The van der Waals surface area contributed by atoms with E-state index in [9.17, 15) is 4.79 Å². The van der Waals surface area contributed by atoms with Gasteiger partial charge in [0.25, 0.3) is 0 Å². The van der Waals surface area contributed by atoms with Gasteiger partial charge in [0.1, 0.15) is 11.6 Å². The van der Waals surface area contributed by atoms with E-state index in [1.54, 1.807) is 18.4 Å². The van der Waals surface area contributed by atoms with Crippen LogP contribution < -0.4 is 5.32 Å². The average Bonchev–Trinajstić information content (AvgIpc) is 3.22. The summed E-state index contributed by atoms with van der Waals surface area (Å²) in [7, 11) is 0. The smallest absolute Gasteiger partial charge is 0.238 e. The van der Waals surface area contributed by atoms with Gasteiger partial charge in [-0.2, -0.15) is 0 Å². The number of nitrogens with one attached hydrogen (secondary N) is 1. The van der Waals surface area contributed by atoms with Crippen LogP contribution in [0.1, 0.15) is 19.6 Å². The molecule has 1 atom stereocenters. The maximum atomic E-state index is 12.4. The third-order valence-electron chi connectivity index (χ3n) is 3.76. The van der Waals surface area contributed by atoms with Gasteiger partial charge in [0.15, 0.2) is 11.0 Å². The quantitative estimate of drug-likeness (QED) is 0.638. The molecule has 0 fully saturated rings. The molecular formula is C17H18ClN5O2S. The topological polar surface area (TPSA) is 85.8 Å². The summed E-state index contributed by atoms with van der Waals surface area (Å²) in [5, 5.41) is 12.1. The molecule has 9 heteroatoms. The van der Waals surface area contributed by atoms with Crippen LogP contribution in [0.3, 0.4) is 0 Å². The first-order valence-electron chi connectivity index (χ1n) is 8.06. The van der Waals surface area contributed by atoms with Gasteiger partial charge in [-0.3, -0.25) is 4.79 Å². The number of carbonyl (C=O) groups excluding carboxylic acids is 1. The predicted octanol–water partition coefficient (Wildman–Crippen LogP) is 4.03. The Kier molecular flexibility index (Phi) is 5.63. The largest absolute Gasteiger partial charge is 0.469 e. The molecule has 136 valence electrons. The van der Waals surface area contributed by atoms with Crippen LogP contribution in [0.4, 0.5) is 5.82 Å². The maximum Gasteiger partial charge on any atom is 0.238 e. The highest BCUT2D eigenvalue weighted by Crippen LogP contribution is 2.29. The summed E-state index contributed by atoms with van der Waals surface area (Å²) in [6.45, 7) is 6.39. The Morgan fingerprint density at radius 2 is 2.19 bits per heavy atom. The number of amides is 1. The van der Waals surface area contributed by atoms with Crippen molar-refractivity contribution in [2.75, 3.05) is 5.32 Å². The van der Waals surface area contributed by atoms with Gasteiger partial charge in [0.2, 0.25) is 5.91 Å². The monoisotopic (exact) mass is 391 g/mol. The van der Waals surface area contributed by atoms with Gasteiger partial charge in [-0.05, 0) is 39.0 Å². The van der Waals surface area contributed by atoms with Crippen LogP contribution in [0.25, 0.3) is 11.4 Å². The number of nitrogens with zero attached hydrogens (tertiary/aromatic N) is 4. The average molecular weight is 392 g/mol. The second kappa shape index (κ2) is 7.92. The fourth-order valence-electron chi connectivity index (χ4n) is 2.37. The van der Waals surface area contributed by atoms with Crippen LogP contribution in [0.5, 0.6) is 0 Å². The van der Waals surface area contributed by atoms with Crippen molar-refractivity contribution in [3.63, 3.8) is 0 Å². The number of pyridine rings is 1. The maximum absolute atomic E-state index is 12.4. The van der Waals surface area contributed by atoms with Crippen molar-refractivity contribution in [1.29, 1.82) is 0 Å². The van der Waals surface area contributed by atoms with Crippen molar-refractivity contribution >= 4 is 35.1 Å². The van der Waals surface area contributed by atoms with E-state index in [0.717, 1.165) is 17.1 Å². The van der Waals surface area contributed by atoms with E-state index in [1.165, 1.54) is 18.0 Å². The van der Waals surface area contributed by atoms with Crippen molar-refractivity contribution in [3.05, 3.63) is 41.4 Å². The molecule has 0 unspecified atom stereocenters. The Labute approximate surface area is 160 Å². The van der Waals surface area contributed by atoms with Gasteiger partial charge in [-0.15, -0.1) is 10.2 Å². The summed E-state index contributed by atoms with van der Waals surface area (Å²) in [4.78, 5) is 16.5. The summed E-state index contributed by atoms with van der Waals surface area (Å²) < 4.78 is 7.32. The molecule has 26 heavy (non-hydrogen) atoms. The standard InChI is InChI=1S/C17H18ClN5O2S/c1-4-23-15(13-7-8-25-10(13)2)21-22-17(23)26-11(3)16(24)20-14-6-5-12(18)9-19-14/h5-9,11H,4H2,1-3H3,(H,19,20,24)/t11-/m0/s1. The van der Waals surface area contributed by atoms with Crippen LogP contribution in [-0.2, 0) is 11.3 Å². The van der Waals surface area contributed by atoms with E-state index in [0.29, 0.717) is 22.5 Å². The Morgan fingerprint density at radius 3 is 2.81 bits per heavy atom. The summed E-state index contributed by atoms with van der Waals surface area (Å²) >= 11 is 7.15. The van der Waals surface area contributed by atoms with Gasteiger partial charge in [0, 0.05) is 12.7 Å². The molecule has 0 aliphatic rings. The highest BCUT2D eigenvalue weighted by molar-refractivity contribution is 8.00. The van der Waals surface area contributed by atoms with Crippen LogP contribution in [0.2, 0.25) is 5.02 Å². The molecule has 0 bridgehead atoms. The lowest BCUT2D eigenvalue weighted by Crippen LogP contribution is -2.23. The Balaban J connectivity index is 1.74. The number of aromatic nitrogens is 4. The number of halogens is 1. The first-order valence-corrected chi connectivity index (χ1v) is 9.32. The van der Waals surface area contributed by atoms with Gasteiger partial charge >= 0.3 is 0 Å². The van der Waals surface area contributed by atoms with Crippen LogP contribution >= 0.6 is 23.4 Å². The van der Waals surface area contributed by atoms with Crippen molar-refractivity contribution in [2.45, 2.75) is 37.7 Å². The van der Waals surface area contributed by atoms with Crippen molar-refractivity contribution in [1.82, 2.24) is 19.7 Å². The lowest BCUT2D eigenvalue weighted by Gasteiger charge is -2.12. The Bertz CT molecular complexity index is 906. The highest BCUT2D eigenvalue weighted by atomic mass is 35.5. The molecule has 0 spiro atoms. The van der Waals surface area contributed by atoms with E-state index in [1.807, 2.05) is 31.4 Å². The molecule has 0 aromatic carbocycles. The zero-order chi connectivity index (χ0) is 18.7. The molecule has 7 nitrogen and oxygen atoms in total. The van der Waals surface area contributed by atoms with Crippen LogP contribution in [0.15, 0.2) is 40.2 Å². The molecule has 0 radical (unpaired) electrons. The molecule has 3 aromatic rings. The van der Waals surface area contributed by atoms with Gasteiger partial charge in [-0.25, -0.2) is 4.98 Å². The molecule has 1 N–H and O–H groups in total. The predicted molar refractivity (Wildman–Crippen MR) is 101 cm³/mol. The summed E-state index contributed by atoms with van der Waals surface area (Å²) in [5.74, 6) is 1.80. The van der Waals surface area contributed by atoms with Crippen molar-refractivity contribution in [3.8, 4) is 11.4 Å². The summed E-state index contributed by atoms with van der Waals surface area (Å²) in [6.07, 6.45) is 3.11. The summed E-state index contributed by atoms with van der Waals surface area (Å²) in [6, 6.07) is 5.20. The SMILES string of the molecule is CCn1c(S[C@@H](C)C(=O)Nc2ccc(Cl)cn2)nnc1-c1ccoc1C. The van der Waals surface area contributed by atoms with Crippen molar-refractivity contribution < 1.29 is 9.21 Å². The van der Waals surface area contributed by atoms with E-state index in [2.05, 4.69) is 20.5 Å². The molecule has 3 aromatic heterocycles. The fraction of sp³-hybridized carbons (Fsp3) is 0.294. The third kappa shape index (κ3) is 3.91. The lowest BCUT2D eigenvalue weighted by molar-refractivity contribution is -0.115. The molecule has 3 heterocycles. The highest BCUT2D eigenvalue weighted by Gasteiger charge is 2.21. The van der Waals surface area contributed by atoms with Gasteiger partial charge in [-0.1, -0.05) is 23.4 Å². The molecule has 0 saturated heterocycles. The van der Waals surface area contributed by atoms with E-state index in [-0.39, 0.29) is 11.2 Å². The van der Waals surface area contributed by atoms with Crippen LogP contribution in [0, 0.1) is 6.92 Å².